The van der Waals surface area contributed by atoms with Gasteiger partial charge in [-0.25, -0.2) is 15.0 Å². The standard InChI is InChI=1S/C22H26N8S2/c1-12-14(9-25-28-12)15-10-24-16(11-23-15)17-26-18-19(31-17)27-20(32-18)30(4)13-7-21(2)5-6-22(3,8-13)29-21/h9-11,13,29H,5-8H2,1-4H3,(H,25,28)/t13?,21-,22+. The Kier molecular flexibility index (Phi) is 4.44. The van der Waals surface area contributed by atoms with E-state index in [1.54, 1.807) is 41.3 Å². The highest BCUT2D eigenvalue weighted by Crippen LogP contribution is 2.45. The molecular formula is C22H26N8S2. The second-order valence-electron chi connectivity index (χ2n) is 9.74. The first-order valence-corrected chi connectivity index (χ1v) is 12.6. The number of aryl methyl sites for hydroxylation is 1. The SMILES string of the molecule is Cc1[nH]ncc1-c1cnc(-c2nc3sc(N(C)C4C[C@]5(C)CC[C@](C)(C4)N5)nc3s2)cn1. The van der Waals surface area contributed by atoms with Crippen LogP contribution in [0.4, 0.5) is 5.13 Å². The summed E-state index contributed by atoms with van der Waals surface area (Å²) in [6.45, 7) is 6.71. The molecule has 2 bridgehead atoms. The van der Waals surface area contributed by atoms with Gasteiger partial charge < -0.3 is 10.2 Å². The fraction of sp³-hybridized carbons (Fsp3) is 0.500. The van der Waals surface area contributed by atoms with E-state index in [-0.39, 0.29) is 11.1 Å². The zero-order chi connectivity index (χ0) is 22.1. The Labute approximate surface area is 194 Å². The maximum atomic E-state index is 4.94. The Morgan fingerprint density at radius 1 is 0.969 bits per heavy atom. The maximum absolute atomic E-state index is 4.94. The lowest BCUT2D eigenvalue weighted by Crippen LogP contribution is -2.58. The first-order valence-electron chi connectivity index (χ1n) is 10.9. The molecule has 0 aliphatic carbocycles. The summed E-state index contributed by atoms with van der Waals surface area (Å²) in [6, 6.07) is 0.498. The number of aromatic amines is 1. The molecule has 2 fully saturated rings. The number of hydrogen-bond donors (Lipinski definition) is 2. The molecule has 4 aromatic rings. The molecule has 0 aromatic carbocycles. The van der Waals surface area contributed by atoms with E-state index in [0.29, 0.717) is 6.04 Å². The molecule has 1 unspecified atom stereocenters. The summed E-state index contributed by atoms with van der Waals surface area (Å²) in [5.41, 5.74) is 4.01. The van der Waals surface area contributed by atoms with Crippen molar-refractivity contribution in [2.45, 2.75) is 63.6 Å². The van der Waals surface area contributed by atoms with Gasteiger partial charge in [-0.15, -0.1) is 0 Å². The van der Waals surface area contributed by atoms with Crippen LogP contribution in [-0.2, 0) is 0 Å². The van der Waals surface area contributed by atoms with Crippen LogP contribution < -0.4 is 10.2 Å². The minimum Gasteiger partial charge on any atom is -0.348 e. The number of nitrogens with zero attached hydrogens (tertiary/aromatic N) is 6. The summed E-state index contributed by atoms with van der Waals surface area (Å²) in [5.74, 6) is 0. The predicted molar refractivity (Wildman–Crippen MR) is 129 cm³/mol. The summed E-state index contributed by atoms with van der Waals surface area (Å²) >= 11 is 3.25. The average molecular weight is 467 g/mol. The van der Waals surface area contributed by atoms with E-state index in [9.17, 15) is 0 Å². The molecule has 3 atom stereocenters. The highest BCUT2D eigenvalue weighted by molar-refractivity contribution is 7.29. The van der Waals surface area contributed by atoms with Gasteiger partial charge in [0.25, 0.3) is 0 Å². The molecule has 4 aromatic heterocycles. The third kappa shape index (κ3) is 3.32. The summed E-state index contributed by atoms with van der Waals surface area (Å²) in [7, 11) is 2.19. The number of fused-ring (bicyclic) bond motifs is 3. The Hall–Kier alpha value is -2.43. The van der Waals surface area contributed by atoms with Gasteiger partial charge in [-0.05, 0) is 46.5 Å². The number of hydrogen-bond acceptors (Lipinski definition) is 9. The second kappa shape index (κ2) is 7.03. The number of H-pyrrole nitrogens is 1. The molecule has 2 saturated heterocycles. The van der Waals surface area contributed by atoms with Crippen molar-refractivity contribution in [2.24, 2.45) is 0 Å². The molecule has 166 valence electrons. The third-order valence-corrected chi connectivity index (χ3v) is 9.14. The van der Waals surface area contributed by atoms with Crippen LogP contribution in [0.15, 0.2) is 18.6 Å². The highest BCUT2D eigenvalue weighted by Gasteiger charge is 2.49. The number of nitrogens with one attached hydrogen (secondary N) is 2. The second-order valence-corrected chi connectivity index (χ2v) is 11.7. The summed E-state index contributed by atoms with van der Waals surface area (Å²) in [4.78, 5) is 23.2. The predicted octanol–water partition coefficient (Wildman–Crippen LogP) is 4.41. The average Bonchev–Trinajstić information content (AvgIpc) is 3.49. The number of rotatable bonds is 4. The summed E-state index contributed by atoms with van der Waals surface area (Å²) < 4.78 is 0. The quantitative estimate of drug-likeness (QED) is 0.460. The lowest BCUT2D eigenvalue weighted by Gasteiger charge is -2.45. The van der Waals surface area contributed by atoms with Crippen LogP contribution in [0.2, 0.25) is 0 Å². The van der Waals surface area contributed by atoms with Gasteiger partial charge in [0.15, 0.2) is 14.8 Å². The maximum Gasteiger partial charge on any atom is 0.188 e. The molecule has 0 saturated carbocycles. The van der Waals surface area contributed by atoms with Gasteiger partial charge in [0.05, 0.1) is 24.3 Å². The van der Waals surface area contributed by atoms with Gasteiger partial charge in [-0.3, -0.25) is 10.1 Å². The topological polar surface area (TPSA) is 95.5 Å². The lowest BCUT2D eigenvalue weighted by molar-refractivity contribution is 0.208. The fourth-order valence-electron chi connectivity index (χ4n) is 5.33. The van der Waals surface area contributed by atoms with Crippen LogP contribution in [0.1, 0.15) is 45.2 Å². The van der Waals surface area contributed by atoms with Crippen LogP contribution in [-0.4, -0.2) is 54.3 Å². The van der Waals surface area contributed by atoms with Gasteiger partial charge in [-0.2, -0.15) is 5.10 Å². The molecule has 32 heavy (non-hydrogen) atoms. The van der Waals surface area contributed by atoms with E-state index in [1.807, 2.05) is 6.92 Å². The van der Waals surface area contributed by atoms with Crippen molar-refractivity contribution in [2.75, 3.05) is 11.9 Å². The van der Waals surface area contributed by atoms with Crippen LogP contribution in [0.3, 0.4) is 0 Å². The van der Waals surface area contributed by atoms with Crippen LogP contribution >= 0.6 is 22.7 Å². The normalized spacial score (nSPS) is 27.3. The van der Waals surface area contributed by atoms with Gasteiger partial charge >= 0.3 is 0 Å². The van der Waals surface area contributed by atoms with Crippen LogP contribution in [0, 0.1) is 6.92 Å². The first-order chi connectivity index (χ1) is 15.3. The van der Waals surface area contributed by atoms with Gasteiger partial charge in [0.2, 0.25) is 0 Å². The smallest absolute Gasteiger partial charge is 0.188 e. The minimum absolute atomic E-state index is 0.242. The Bertz CT molecular complexity index is 1240. The molecule has 6 rings (SSSR count). The van der Waals surface area contributed by atoms with Crippen molar-refractivity contribution in [3.8, 4) is 22.0 Å². The number of aromatic nitrogens is 6. The minimum atomic E-state index is 0.242. The van der Waals surface area contributed by atoms with Gasteiger partial charge in [0, 0.05) is 35.4 Å². The third-order valence-electron chi connectivity index (χ3n) is 7.00. The molecule has 2 aliphatic heterocycles. The molecular weight excluding hydrogens is 440 g/mol. The first kappa shape index (κ1) is 20.2. The molecule has 8 nitrogen and oxygen atoms in total. The van der Waals surface area contributed by atoms with E-state index in [0.717, 1.165) is 55.3 Å². The molecule has 6 heterocycles. The Balaban J connectivity index is 1.23. The van der Waals surface area contributed by atoms with E-state index in [2.05, 4.69) is 51.3 Å². The molecule has 2 N–H and O–H groups in total. The van der Waals surface area contributed by atoms with Crippen LogP contribution in [0.5, 0.6) is 0 Å². The van der Waals surface area contributed by atoms with E-state index < -0.39 is 0 Å². The van der Waals surface area contributed by atoms with Gasteiger partial charge in [-0.1, -0.05) is 22.7 Å². The highest BCUT2D eigenvalue weighted by atomic mass is 32.1. The Morgan fingerprint density at radius 2 is 1.66 bits per heavy atom. The number of piperidine rings is 1. The van der Waals surface area contributed by atoms with Crippen LogP contribution in [0.25, 0.3) is 31.6 Å². The number of anilines is 1. The van der Waals surface area contributed by atoms with E-state index in [1.165, 1.54) is 12.8 Å². The zero-order valence-corrected chi connectivity index (χ0v) is 20.3. The summed E-state index contributed by atoms with van der Waals surface area (Å²) in [5, 5.41) is 12.8. The van der Waals surface area contributed by atoms with Crippen molar-refractivity contribution in [3.63, 3.8) is 0 Å². The van der Waals surface area contributed by atoms with Crippen molar-refractivity contribution in [1.82, 2.24) is 35.5 Å². The molecule has 0 amide bonds. The fourth-order valence-corrected chi connectivity index (χ4v) is 7.37. The number of thiazole rings is 2. The Morgan fingerprint density at radius 3 is 2.28 bits per heavy atom. The molecule has 10 heteroatoms. The van der Waals surface area contributed by atoms with Crippen molar-refractivity contribution in [1.29, 1.82) is 0 Å². The van der Waals surface area contributed by atoms with Crippen molar-refractivity contribution < 1.29 is 0 Å². The summed E-state index contributed by atoms with van der Waals surface area (Å²) in [6.07, 6.45) is 10.2. The van der Waals surface area contributed by atoms with Gasteiger partial charge in [0.1, 0.15) is 10.7 Å². The van der Waals surface area contributed by atoms with E-state index >= 15 is 0 Å². The van der Waals surface area contributed by atoms with Crippen molar-refractivity contribution >= 4 is 37.5 Å². The zero-order valence-electron chi connectivity index (χ0n) is 18.6. The monoisotopic (exact) mass is 466 g/mol. The largest absolute Gasteiger partial charge is 0.348 e. The van der Waals surface area contributed by atoms with Crippen molar-refractivity contribution in [3.05, 3.63) is 24.3 Å². The molecule has 0 spiro atoms. The van der Waals surface area contributed by atoms with E-state index in [4.69, 9.17) is 9.97 Å². The lowest BCUT2D eigenvalue weighted by atomic mass is 9.84. The molecule has 2 aliphatic rings. The molecule has 0 radical (unpaired) electrons.